The highest BCUT2D eigenvalue weighted by molar-refractivity contribution is 6.33. The maximum absolute atomic E-state index is 13.1. The summed E-state index contributed by atoms with van der Waals surface area (Å²) in [6.07, 6.45) is 1.17. The largest absolute Gasteiger partial charge is 0.274 e. The van der Waals surface area contributed by atoms with Crippen molar-refractivity contribution in [2.24, 2.45) is 5.10 Å². The third-order valence-electron chi connectivity index (χ3n) is 1.42. The second kappa shape index (κ2) is 4.72. The standard InChI is InChI=1S/C9H8ClFN2O/c1-6(14)13-12-5-7-8(10)3-2-4-9(7)11/h2-5H,1H3,(H,13,14)/b12-5+. The number of nitrogens with zero attached hydrogens (tertiary/aromatic N) is 1. The molecule has 0 unspecified atom stereocenters. The molecule has 14 heavy (non-hydrogen) atoms. The van der Waals surface area contributed by atoms with Crippen LogP contribution in [-0.4, -0.2) is 12.1 Å². The number of amides is 1. The molecule has 5 heteroatoms. The number of halogens is 2. The quantitative estimate of drug-likeness (QED) is 0.593. The summed E-state index contributed by atoms with van der Waals surface area (Å²) >= 11 is 5.70. The summed E-state index contributed by atoms with van der Waals surface area (Å²) in [6.45, 7) is 1.31. The van der Waals surface area contributed by atoms with Crippen LogP contribution in [0.25, 0.3) is 0 Å². The molecule has 1 N–H and O–H groups in total. The Balaban J connectivity index is 2.85. The topological polar surface area (TPSA) is 41.5 Å². The van der Waals surface area contributed by atoms with Gasteiger partial charge in [0.25, 0.3) is 0 Å². The molecule has 1 aromatic carbocycles. The Morgan fingerprint density at radius 2 is 2.36 bits per heavy atom. The minimum Gasteiger partial charge on any atom is -0.274 e. The summed E-state index contributed by atoms with van der Waals surface area (Å²) < 4.78 is 13.1. The first-order valence-electron chi connectivity index (χ1n) is 3.85. The fourth-order valence-corrected chi connectivity index (χ4v) is 1.03. The first-order chi connectivity index (χ1) is 6.61. The molecule has 74 valence electrons. The van der Waals surface area contributed by atoms with Crippen molar-refractivity contribution in [1.82, 2.24) is 5.43 Å². The maximum Gasteiger partial charge on any atom is 0.236 e. The van der Waals surface area contributed by atoms with E-state index >= 15 is 0 Å². The van der Waals surface area contributed by atoms with Gasteiger partial charge in [-0.2, -0.15) is 5.10 Å². The second-order valence-corrected chi connectivity index (χ2v) is 2.97. The lowest BCUT2D eigenvalue weighted by atomic mass is 10.2. The van der Waals surface area contributed by atoms with Gasteiger partial charge in [-0.1, -0.05) is 17.7 Å². The summed E-state index contributed by atoms with van der Waals surface area (Å²) in [5.74, 6) is -0.805. The highest BCUT2D eigenvalue weighted by atomic mass is 35.5. The number of nitrogens with one attached hydrogen (secondary N) is 1. The summed E-state index contributed by atoms with van der Waals surface area (Å²) in [5, 5.41) is 3.76. The number of hydrogen-bond donors (Lipinski definition) is 1. The average Bonchev–Trinajstić information content (AvgIpc) is 2.09. The van der Waals surface area contributed by atoms with Gasteiger partial charge in [0.05, 0.1) is 11.2 Å². The van der Waals surface area contributed by atoms with Gasteiger partial charge in [0, 0.05) is 12.5 Å². The van der Waals surface area contributed by atoms with Gasteiger partial charge in [-0.25, -0.2) is 9.82 Å². The lowest BCUT2D eigenvalue weighted by molar-refractivity contribution is -0.118. The predicted octanol–water partition coefficient (Wildman–Crippen LogP) is 1.95. The van der Waals surface area contributed by atoms with E-state index in [4.69, 9.17) is 11.6 Å². The first kappa shape index (κ1) is 10.7. The Morgan fingerprint density at radius 3 is 2.93 bits per heavy atom. The zero-order chi connectivity index (χ0) is 10.6. The molecule has 3 nitrogen and oxygen atoms in total. The lowest BCUT2D eigenvalue weighted by Gasteiger charge is -1.98. The van der Waals surface area contributed by atoms with E-state index in [1.165, 1.54) is 25.3 Å². The Kier molecular flexibility index (Phi) is 3.59. The zero-order valence-corrected chi connectivity index (χ0v) is 8.18. The van der Waals surface area contributed by atoms with Gasteiger partial charge in [-0.15, -0.1) is 0 Å². The van der Waals surface area contributed by atoms with Crippen LogP contribution in [0.3, 0.4) is 0 Å². The van der Waals surface area contributed by atoms with Gasteiger partial charge in [0.2, 0.25) is 5.91 Å². The van der Waals surface area contributed by atoms with Crippen LogP contribution in [0.4, 0.5) is 4.39 Å². The van der Waals surface area contributed by atoms with Crippen molar-refractivity contribution in [3.8, 4) is 0 Å². The fraction of sp³-hybridized carbons (Fsp3) is 0.111. The first-order valence-corrected chi connectivity index (χ1v) is 4.22. The van der Waals surface area contributed by atoms with E-state index < -0.39 is 5.82 Å². The Labute approximate surface area is 85.6 Å². The second-order valence-electron chi connectivity index (χ2n) is 2.56. The molecule has 0 atom stereocenters. The third-order valence-corrected chi connectivity index (χ3v) is 1.74. The molecule has 0 saturated carbocycles. The van der Waals surface area contributed by atoms with E-state index in [0.717, 1.165) is 0 Å². The molecular weight excluding hydrogens is 207 g/mol. The van der Waals surface area contributed by atoms with E-state index in [-0.39, 0.29) is 16.5 Å². The third kappa shape index (κ3) is 2.81. The maximum atomic E-state index is 13.1. The van der Waals surface area contributed by atoms with E-state index in [1.807, 2.05) is 0 Å². The van der Waals surface area contributed by atoms with Crippen LogP contribution in [0.1, 0.15) is 12.5 Å². The van der Waals surface area contributed by atoms with Gasteiger partial charge in [-0.05, 0) is 12.1 Å². The molecule has 0 fully saturated rings. The average molecular weight is 215 g/mol. The summed E-state index contributed by atoms with van der Waals surface area (Å²) in [5.41, 5.74) is 2.31. The molecular formula is C9H8ClFN2O. The highest BCUT2D eigenvalue weighted by Crippen LogP contribution is 2.16. The molecule has 1 aromatic rings. The number of carbonyl (C=O) groups is 1. The molecule has 0 radical (unpaired) electrons. The minimum atomic E-state index is -0.480. The monoisotopic (exact) mass is 214 g/mol. The van der Waals surface area contributed by atoms with Crippen LogP contribution in [0.5, 0.6) is 0 Å². The van der Waals surface area contributed by atoms with Gasteiger partial charge in [0.1, 0.15) is 5.82 Å². The lowest BCUT2D eigenvalue weighted by Crippen LogP contribution is -2.12. The van der Waals surface area contributed by atoms with E-state index in [0.29, 0.717) is 0 Å². The van der Waals surface area contributed by atoms with Gasteiger partial charge >= 0.3 is 0 Å². The summed E-state index contributed by atoms with van der Waals surface area (Å²) in [7, 11) is 0. The predicted molar refractivity (Wildman–Crippen MR) is 52.8 cm³/mol. The zero-order valence-electron chi connectivity index (χ0n) is 7.42. The number of hydrogen-bond acceptors (Lipinski definition) is 2. The van der Waals surface area contributed by atoms with Crippen molar-refractivity contribution < 1.29 is 9.18 Å². The van der Waals surface area contributed by atoms with Crippen molar-refractivity contribution >= 4 is 23.7 Å². The van der Waals surface area contributed by atoms with Crippen molar-refractivity contribution in [1.29, 1.82) is 0 Å². The molecule has 0 bridgehead atoms. The van der Waals surface area contributed by atoms with Gasteiger partial charge < -0.3 is 0 Å². The van der Waals surface area contributed by atoms with Crippen LogP contribution in [0, 0.1) is 5.82 Å². The molecule has 0 saturated heterocycles. The number of hydrazone groups is 1. The molecule has 1 amide bonds. The summed E-state index contributed by atoms with van der Waals surface area (Å²) in [4.78, 5) is 10.5. The van der Waals surface area contributed by atoms with E-state index in [2.05, 4.69) is 10.5 Å². The van der Waals surface area contributed by atoms with Crippen LogP contribution >= 0.6 is 11.6 Å². The van der Waals surface area contributed by atoms with Crippen LogP contribution < -0.4 is 5.43 Å². The number of benzene rings is 1. The minimum absolute atomic E-state index is 0.155. The molecule has 0 aromatic heterocycles. The Hall–Kier alpha value is -1.42. The molecule has 0 aliphatic carbocycles. The van der Waals surface area contributed by atoms with Crippen LogP contribution in [0.2, 0.25) is 5.02 Å². The van der Waals surface area contributed by atoms with Crippen LogP contribution in [0.15, 0.2) is 23.3 Å². The molecule has 0 spiro atoms. The van der Waals surface area contributed by atoms with Crippen molar-refractivity contribution in [3.63, 3.8) is 0 Å². The molecule has 0 heterocycles. The smallest absolute Gasteiger partial charge is 0.236 e. The molecule has 1 rings (SSSR count). The number of carbonyl (C=O) groups excluding carboxylic acids is 1. The molecule has 0 aliphatic heterocycles. The fourth-order valence-electron chi connectivity index (χ4n) is 0.822. The Bertz CT molecular complexity index is 359. The SMILES string of the molecule is CC(=O)N/N=C/c1c(F)cccc1Cl. The van der Waals surface area contributed by atoms with Crippen molar-refractivity contribution in [2.45, 2.75) is 6.92 Å². The normalized spacial score (nSPS) is 10.5. The van der Waals surface area contributed by atoms with Gasteiger partial charge in [0.15, 0.2) is 0 Å². The highest BCUT2D eigenvalue weighted by Gasteiger charge is 2.02. The van der Waals surface area contributed by atoms with Crippen molar-refractivity contribution in [3.05, 3.63) is 34.6 Å². The van der Waals surface area contributed by atoms with E-state index in [1.54, 1.807) is 6.07 Å². The van der Waals surface area contributed by atoms with Crippen molar-refractivity contribution in [2.75, 3.05) is 0 Å². The van der Waals surface area contributed by atoms with E-state index in [9.17, 15) is 9.18 Å². The number of rotatable bonds is 2. The summed E-state index contributed by atoms with van der Waals surface area (Å²) in [6, 6.07) is 4.30. The molecule has 0 aliphatic rings. The Morgan fingerprint density at radius 1 is 1.64 bits per heavy atom. The van der Waals surface area contributed by atoms with Gasteiger partial charge in [-0.3, -0.25) is 4.79 Å². The van der Waals surface area contributed by atoms with Crippen LogP contribution in [-0.2, 0) is 4.79 Å².